The summed E-state index contributed by atoms with van der Waals surface area (Å²) < 4.78 is 0. The highest BCUT2D eigenvalue weighted by Crippen LogP contribution is 2.51. The average Bonchev–Trinajstić information content (AvgIpc) is 2.98. The van der Waals surface area contributed by atoms with Gasteiger partial charge in [-0.15, -0.1) is 0 Å². The first kappa shape index (κ1) is 19.7. The van der Waals surface area contributed by atoms with Crippen LogP contribution in [0.1, 0.15) is 78.0 Å². The Balaban J connectivity index is 2.19. The van der Waals surface area contributed by atoms with Gasteiger partial charge in [-0.25, -0.2) is 0 Å². The molecule has 2 aromatic rings. The van der Waals surface area contributed by atoms with Gasteiger partial charge in [0.1, 0.15) is 0 Å². The van der Waals surface area contributed by atoms with Crippen LogP contribution in [0.3, 0.4) is 0 Å². The number of rotatable bonds is 3. The van der Waals surface area contributed by atoms with Gasteiger partial charge in [0, 0.05) is 5.92 Å². The third kappa shape index (κ3) is 3.43. The van der Waals surface area contributed by atoms with Crippen LogP contribution in [0.25, 0.3) is 11.1 Å². The third-order valence-electron chi connectivity index (χ3n) is 6.55. The van der Waals surface area contributed by atoms with Gasteiger partial charge in [-0.05, 0) is 84.1 Å². The van der Waals surface area contributed by atoms with E-state index in [4.69, 9.17) is 0 Å². The molecule has 0 heterocycles. The SMILES string of the molecule is C[C]=C(C)C(C)=C(C)C(C)C1c2ccccc2-c2ccc(C(C)(C)C)cc21. The summed E-state index contributed by atoms with van der Waals surface area (Å²) >= 11 is 0. The molecule has 141 valence electrons. The van der Waals surface area contributed by atoms with Crippen LogP contribution in [0.2, 0.25) is 0 Å². The van der Waals surface area contributed by atoms with Gasteiger partial charge in [0.25, 0.3) is 0 Å². The molecule has 0 heteroatoms. The fraction of sp³-hybridized carbons (Fsp3) is 0.407. The molecule has 0 bridgehead atoms. The molecule has 2 aromatic carbocycles. The van der Waals surface area contributed by atoms with Gasteiger partial charge in [0.05, 0.1) is 0 Å². The molecule has 1 aliphatic carbocycles. The van der Waals surface area contributed by atoms with E-state index in [2.05, 4.69) is 97.0 Å². The van der Waals surface area contributed by atoms with Gasteiger partial charge in [-0.1, -0.05) is 75.7 Å². The Bertz CT molecular complexity index is 915. The number of hydrogen-bond acceptors (Lipinski definition) is 0. The van der Waals surface area contributed by atoms with Crippen LogP contribution in [0.4, 0.5) is 0 Å². The van der Waals surface area contributed by atoms with Crippen molar-refractivity contribution >= 4 is 0 Å². The number of allylic oxidation sites excluding steroid dienone is 4. The first-order valence-electron chi connectivity index (χ1n) is 10.1. The van der Waals surface area contributed by atoms with E-state index in [1.165, 1.54) is 44.5 Å². The lowest BCUT2D eigenvalue weighted by atomic mass is 9.77. The number of hydrogen-bond donors (Lipinski definition) is 0. The predicted molar refractivity (Wildman–Crippen MR) is 118 cm³/mol. The maximum Gasteiger partial charge on any atom is 0.0165 e. The van der Waals surface area contributed by atoms with Gasteiger partial charge in [-0.3, -0.25) is 0 Å². The first-order valence-corrected chi connectivity index (χ1v) is 10.1. The van der Waals surface area contributed by atoms with Crippen molar-refractivity contribution in [2.75, 3.05) is 0 Å². The van der Waals surface area contributed by atoms with Crippen molar-refractivity contribution in [3.8, 4) is 11.1 Å². The van der Waals surface area contributed by atoms with Crippen LogP contribution < -0.4 is 0 Å². The van der Waals surface area contributed by atoms with Gasteiger partial charge in [0.15, 0.2) is 0 Å². The molecule has 0 saturated carbocycles. The standard InChI is InChI=1S/C27H33/c1-9-17(2)18(3)19(4)20(5)26-24-13-11-10-12-22(24)23-15-14-21(16-25(23)26)27(6,7)8/h10-16,20,26H,1-8H3. The van der Waals surface area contributed by atoms with Gasteiger partial charge in [0.2, 0.25) is 0 Å². The maximum atomic E-state index is 3.32. The van der Waals surface area contributed by atoms with Gasteiger partial charge in [-0.2, -0.15) is 0 Å². The van der Waals surface area contributed by atoms with Crippen molar-refractivity contribution < 1.29 is 0 Å². The minimum atomic E-state index is 0.162. The van der Waals surface area contributed by atoms with Crippen molar-refractivity contribution in [1.82, 2.24) is 0 Å². The van der Waals surface area contributed by atoms with E-state index in [1.807, 2.05) is 6.92 Å². The van der Waals surface area contributed by atoms with E-state index in [0.29, 0.717) is 11.8 Å². The molecular formula is C27H33. The van der Waals surface area contributed by atoms with E-state index < -0.39 is 0 Å². The lowest BCUT2D eigenvalue weighted by Gasteiger charge is -2.26. The van der Waals surface area contributed by atoms with Crippen molar-refractivity contribution in [2.24, 2.45) is 5.92 Å². The predicted octanol–water partition coefficient (Wildman–Crippen LogP) is 7.84. The highest BCUT2D eigenvalue weighted by molar-refractivity contribution is 5.79. The smallest absolute Gasteiger partial charge is 0.0165 e. The largest absolute Gasteiger partial charge is 0.0664 e. The monoisotopic (exact) mass is 357 g/mol. The summed E-state index contributed by atoms with van der Waals surface area (Å²) in [4.78, 5) is 0. The quantitative estimate of drug-likeness (QED) is 0.491. The molecular weight excluding hydrogens is 324 g/mol. The highest BCUT2D eigenvalue weighted by atomic mass is 14.4. The fourth-order valence-corrected chi connectivity index (χ4v) is 4.33. The molecule has 0 saturated heterocycles. The van der Waals surface area contributed by atoms with Crippen LogP contribution >= 0.6 is 0 Å². The molecule has 0 amide bonds. The highest BCUT2D eigenvalue weighted by Gasteiger charge is 2.34. The Morgan fingerprint density at radius 2 is 1.56 bits per heavy atom. The molecule has 2 unspecified atom stereocenters. The molecule has 1 aliphatic rings. The minimum absolute atomic E-state index is 0.162. The van der Waals surface area contributed by atoms with E-state index in [1.54, 1.807) is 0 Å². The molecule has 0 N–H and O–H groups in total. The molecule has 0 spiro atoms. The summed E-state index contributed by atoms with van der Waals surface area (Å²) in [7, 11) is 0. The summed E-state index contributed by atoms with van der Waals surface area (Å²) in [5.74, 6) is 0.865. The van der Waals surface area contributed by atoms with Crippen LogP contribution in [-0.4, -0.2) is 0 Å². The van der Waals surface area contributed by atoms with Crippen LogP contribution in [0.5, 0.6) is 0 Å². The molecule has 27 heavy (non-hydrogen) atoms. The van der Waals surface area contributed by atoms with Crippen molar-refractivity contribution in [2.45, 2.75) is 66.7 Å². The van der Waals surface area contributed by atoms with E-state index in [0.717, 1.165) is 0 Å². The van der Waals surface area contributed by atoms with Crippen LogP contribution in [0.15, 0.2) is 59.2 Å². The van der Waals surface area contributed by atoms with Gasteiger partial charge >= 0.3 is 0 Å². The topological polar surface area (TPSA) is 0 Å². The normalized spacial score (nSPS) is 18.7. The Hall–Kier alpha value is -2.08. The first-order chi connectivity index (χ1) is 12.7. The van der Waals surface area contributed by atoms with E-state index in [-0.39, 0.29) is 5.41 Å². The Morgan fingerprint density at radius 1 is 0.926 bits per heavy atom. The summed E-state index contributed by atoms with van der Waals surface area (Å²) in [6.07, 6.45) is 3.32. The summed E-state index contributed by atoms with van der Waals surface area (Å²) in [5, 5.41) is 0. The fourth-order valence-electron chi connectivity index (χ4n) is 4.33. The van der Waals surface area contributed by atoms with Crippen molar-refractivity contribution in [3.63, 3.8) is 0 Å². The second kappa shape index (κ2) is 7.15. The Morgan fingerprint density at radius 3 is 2.19 bits per heavy atom. The molecule has 0 aliphatic heterocycles. The zero-order chi connectivity index (χ0) is 19.9. The Kier molecular flexibility index (Phi) is 5.21. The molecule has 3 rings (SSSR count). The molecule has 2 atom stereocenters. The summed E-state index contributed by atoms with van der Waals surface area (Å²) in [6, 6.07) is 16.1. The molecule has 0 nitrogen and oxygen atoms in total. The molecule has 1 radical (unpaired) electrons. The lowest BCUT2D eigenvalue weighted by molar-refractivity contribution is 0.577. The third-order valence-corrected chi connectivity index (χ3v) is 6.55. The number of fused-ring (bicyclic) bond motifs is 3. The zero-order valence-corrected chi connectivity index (χ0v) is 18.2. The van der Waals surface area contributed by atoms with E-state index in [9.17, 15) is 0 Å². The van der Waals surface area contributed by atoms with Crippen molar-refractivity contribution in [3.05, 3.63) is 82.0 Å². The second-order valence-electron chi connectivity index (χ2n) is 9.09. The van der Waals surface area contributed by atoms with Crippen molar-refractivity contribution in [1.29, 1.82) is 0 Å². The average molecular weight is 358 g/mol. The minimum Gasteiger partial charge on any atom is -0.0664 e. The van der Waals surface area contributed by atoms with Crippen LogP contribution in [-0.2, 0) is 5.41 Å². The second-order valence-corrected chi connectivity index (χ2v) is 9.09. The van der Waals surface area contributed by atoms with Crippen LogP contribution in [0, 0.1) is 12.0 Å². The Labute approximate surface area is 166 Å². The number of benzene rings is 2. The van der Waals surface area contributed by atoms with Gasteiger partial charge < -0.3 is 0 Å². The molecule has 0 aromatic heterocycles. The summed E-state index contributed by atoms with van der Waals surface area (Å²) in [6.45, 7) is 18.0. The molecule has 0 fully saturated rings. The maximum absolute atomic E-state index is 3.32. The lowest BCUT2D eigenvalue weighted by Crippen LogP contribution is -2.14. The van der Waals surface area contributed by atoms with E-state index >= 15 is 0 Å². The zero-order valence-electron chi connectivity index (χ0n) is 18.2. The summed E-state index contributed by atoms with van der Waals surface area (Å²) in [5.41, 5.74) is 11.5.